The Morgan fingerprint density at radius 2 is 2.20 bits per heavy atom. The van der Waals surface area contributed by atoms with Gasteiger partial charge in [0.05, 0.1) is 18.1 Å². The first-order chi connectivity index (χ1) is 9.40. The van der Waals surface area contributed by atoms with Gasteiger partial charge in [0.25, 0.3) is 6.43 Å². The third-order valence-corrected chi connectivity index (χ3v) is 3.98. The van der Waals surface area contributed by atoms with E-state index in [-0.39, 0.29) is 24.7 Å². The molecule has 6 nitrogen and oxygen atoms in total. The van der Waals surface area contributed by atoms with Gasteiger partial charge in [-0.05, 0) is 13.0 Å². The number of hydrogen-bond donors (Lipinski definition) is 2. The van der Waals surface area contributed by atoms with Crippen LogP contribution in [0.2, 0.25) is 0 Å². The average molecular weight is 312 g/mol. The number of aromatic nitrogens is 1. The number of rotatable bonds is 9. The minimum atomic E-state index is -3.73. The van der Waals surface area contributed by atoms with Crippen molar-refractivity contribution in [1.29, 1.82) is 0 Å². The second-order valence-electron chi connectivity index (χ2n) is 3.98. The van der Waals surface area contributed by atoms with Crippen LogP contribution in [0.1, 0.15) is 12.6 Å². The molecule has 116 valence electrons. The molecule has 1 aromatic rings. The minimum Gasteiger partial charge on any atom is -0.390 e. The summed E-state index contributed by atoms with van der Waals surface area (Å²) in [5.41, 5.74) is 0.488. The Bertz CT molecular complexity index is 495. The molecule has 0 spiro atoms. The predicted octanol–water partition coefficient (Wildman–Crippen LogP) is 0.560. The van der Waals surface area contributed by atoms with Gasteiger partial charge in [0.2, 0.25) is 10.0 Å². The molecule has 0 aliphatic rings. The lowest BCUT2D eigenvalue weighted by Crippen LogP contribution is -2.27. The van der Waals surface area contributed by atoms with Crippen LogP contribution in [0, 0.1) is 0 Å². The number of aliphatic hydroxyl groups is 1. The van der Waals surface area contributed by atoms with Gasteiger partial charge in [-0.15, -0.1) is 0 Å². The summed E-state index contributed by atoms with van der Waals surface area (Å²) in [6.07, 6.45) is -1.16. The van der Waals surface area contributed by atoms with Crippen molar-refractivity contribution in [3.8, 4) is 0 Å². The average Bonchev–Trinajstić information content (AvgIpc) is 2.81. The maximum absolute atomic E-state index is 11.9. The molecule has 0 saturated carbocycles. The highest BCUT2D eigenvalue weighted by Crippen LogP contribution is 2.14. The van der Waals surface area contributed by atoms with Crippen LogP contribution in [0.3, 0.4) is 0 Å². The van der Waals surface area contributed by atoms with Crippen molar-refractivity contribution in [3.63, 3.8) is 0 Å². The van der Waals surface area contributed by atoms with Gasteiger partial charge in [-0.3, -0.25) is 0 Å². The molecule has 0 aliphatic carbocycles. The third-order valence-electron chi connectivity index (χ3n) is 2.56. The SMILES string of the molecule is CCn1cc(S(=O)(=O)NCCOCC(F)F)cc1CO. The molecule has 9 heteroatoms. The fourth-order valence-corrected chi connectivity index (χ4v) is 2.68. The van der Waals surface area contributed by atoms with Crippen LogP contribution in [-0.4, -0.2) is 44.3 Å². The van der Waals surface area contributed by atoms with E-state index in [1.54, 1.807) is 4.57 Å². The molecule has 0 radical (unpaired) electrons. The summed E-state index contributed by atoms with van der Waals surface area (Å²) < 4.78 is 55.9. The van der Waals surface area contributed by atoms with Crippen molar-refractivity contribution >= 4 is 10.0 Å². The molecule has 0 bridgehead atoms. The van der Waals surface area contributed by atoms with Gasteiger partial charge in [-0.1, -0.05) is 0 Å². The zero-order valence-electron chi connectivity index (χ0n) is 11.1. The molecule has 0 aliphatic heterocycles. The van der Waals surface area contributed by atoms with Gasteiger partial charge in [0, 0.05) is 25.0 Å². The Labute approximate surface area is 116 Å². The van der Waals surface area contributed by atoms with Gasteiger partial charge in [0.15, 0.2) is 0 Å². The molecule has 0 atom stereocenters. The Morgan fingerprint density at radius 3 is 2.70 bits per heavy atom. The van der Waals surface area contributed by atoms with Crippen LogP contribution < -0.4 is 4.72 Å². The van der Waals surface area contributed by atoms with E-state index in [2.05, 4.69) is 9.46 Å². The van der Waals surface area contributed by atoms with Crippen molar-refractivity contribution in [3.05, 3.63) is 18.0 Å². The van der Waals surface area contributed by atoms with Crippen LogP contribution in [0.5, 0.6) is 0 Å². The van der Waals surface area contributed by atoms with Crippen molar-refractivity contribution in [1.82, 2.24) is 9.29 Å². The monoisotopic (exact) mass is 312 g/mol. The van der Waals surface area contributed by atoms with Gasteiger partial charge in [0.1, 0.15) is 6.61 Å². The predicted molar refractivity (Wildman–Crippen MR) is 68.0 cm³/mol. The largest absolute Gasteiger partial charge is 0.390 e. The molecule has 20 heavy (non-hydrogen) atoms. The molecule has 2 N–H and O–H groups in total. The smallest absolute Gasteiger partial charge is 0.261 e. The Balaban J connectivity index is 2.58. The summed E-state index contributed by atoms with van der Waals surface area (Å²) in [7, 11) is -3.73. The number of ether oxygens (including phenoxy) is 1. The second kappa shape index (κ2) is 7.67. The highest BCUT2D eigenvalue weighted by atomic mass is 32.2. The molecule has 0 saturated heterocycles. The molecule has 1 aromatic heterocycles. The van der Waals surface area contributed by atoms with Crippen LogP contribution in [0.25, 0.3) is 0 Å². The number of halogens is 2. The lowest BCUT2D eigenvalue weighted by atomic mass is 10.4. The Kier molecular flexibility index (Phi) is 6.53. The van der Waals surface area contributed by atoms with Gasteiger partial charge < -0.3 is 14.4 Å². The summed E-state index contributed by atoms with van der Waals surface area (Å²) in [6.45, 7) is 1.14. The summed E-state index contributed by atoms with van der Waals surface area (Å²) in [6, 6.07) is 1.37. The molecule has 1 heterocycles. The van der Waals surface area contributed by atoms with E-state index in [9.17, 15) is 17.2 Å². The second-order valence-corrected chi connectivity index (χ2v) is 5.74. The molecular weight excluding hydrogens is 294 g/mol. The Hall–Kier alpha value is -1.03. The number of alkyl halides is 2. The zero-order chi connectivity index (χ0) is 15.2. The van der Waals surface area contributed by atoms with Gasteiger partial charge in [-0.25, -0.2) is 21.9 Å². The standard InChI is InChI=1S/C11H18F2N2O4S/c1-2-15-6-10(5-9(15)7-16)20(17,18)14-3-4-19-8-11(12)13/h5-6,11,14,16H,2-4,7-8H2,1H3. The highest BCUT2D eigenvalue weighted by molar-refractivity contribution is 7.89. The Morgan fingerprint density at radius 1 is 1.50 bits per heavy atom. The number of nitrogens with one attached hydrogen (secondary N) is 1. The summed E-state index contributed by atoms with van der Waals surface area (Å²) in [4.78, 5) is 0.0252. The van der Waals surface area contributed by atoms with E-state index in [1.807, 2.05) is 6.92 Å². The maximum Gasteiger partial charge on any atom is 0.261 e. The lowest BCUT2D eigenvalue weighted by Gasteiger charge is -2.05. The number of sulfonamides is 1. The molecular formula is C11H18F2N2O4S. The number of aliphatic hydroxyl groups excluding tert-OH is 1. The van der Waals surface area contributed by atoms with Crippen molar-refractivity contribution < 1.29 is 27.0 Å². The summed E-state index contributed by atoms with van der Waals surface area (Å²) in [5, 5.41) is 9.10. The molecule has 0 amide bonds. The first-order valence-electron chi connectivity index (χ1n) is 6.06. The lowest BCUT2D eigenvalue weighted by molar-refractivity contribution is 0.0199. The van der Waals surface area contributed by atoms with Crippen LogP contribution in [0.4, 0.5) is 8.78 Å². The molecule has 0 fully saturated rings. The highest BCUT2D eigenvalue weighted by Gasteiger charge is 2.17. The summed E-state index contributed by atoms with van der Waals surface area (Å²) in [5.74, 6) is 0. The van der Waals surface area contributed by atoms with E-state index in [4.69, 9.17) is 5.11 Å². The normalized spacial score (nSPS) is 12.2. The molecule has 0 unspecified atom stereocenters. The van der Waals surface area contributed by atoms with E-state index >= 15 is 0 Å². The van der Waals surface area contributed by atoms with Crippen LogP contribution in [-0.2, 0) is 27.9 Å². The van der Waals surface area contributed by atoms with E-state index < -0.39 is 23.1 Å². The first kappa shape index (κ1) is 17.0. The summed E-state index contributed by atoms with van der Waals surface area (Å²) >= 11 is 0. The van der Waals surface area contributed by atoms with Crippen molar-refractivity contribution in [2.75, 3.05) is 19.8 Å². The van der Waals surface area contributed by atoms with Crippen molar-refractivity contribution in [2.24, 2.45) is 0 Å². The van der Waals surface area contributed by atoms with E-state index in [0.717, 1.165) is 0 Å². The molecule has 0 aromatic carbocycles. The third kappa shape index (κ3) is 4.82. The van der Waals surface area contributed by atoms with Gasteiger partial charge >= 0.3 is 0 Å². The minimum absolute atomic E-state index is 0.0252. The van der Waals surface area contributed by atoms with Crippen LogP contribution >= 0.6 is 0 Å². The first-order valence-corrected chi connectivity index (χ1v) is 7.54. The van der Waals surface area contributed by atoms with Gasteiger partial charge in [-0.2, -0.15) is 0 Å². The fourth-order valence-electron chi connectivity index (χ4n) is 1.60. The number of nitrogens with zero attached hydrogens (tertiary/aromatic N) is 1. The van der Waals surface area contributed by atoms with E-state index in [0.29, 0.717) is 12.2 Å². The number of hydrogen-bond acceptors (Lipinski definition) is 4. The zero-order valence-corrected chi connectivity index (χ0v) is 11.9. The molecule has 1 rings (SSSR count). The topological polar surface area (TPSA) is 80.6 Å². The van der Waals surface area contributed by atoms with Crippen LogP contribution in [0.15, 0.2) is 17.2 Å². The maximum atomic E-state index is 11.9. The fraction of sp³-hybridized carbons (Fsp3) is 0.636. The number of aryl methyl sites for hydroxylation is 1. The van der Waals surface area contributed by atoms with Crippen molar-refractivity contribution in [2.45, 2.75) is 31.4 Å². The quantitative estimate of drug-likeness (QED) is 0.653. The van der Waals surface area contributed by atoms with E-state index in [1.165, 1.54) is 12.3 Å².